The van der Waals surface area contributed by atoms with Gasteiger partial charge in [0.2, 0.25) is 0 Å². The molecule has 1 aromatic heterocycles. The van der Waals surface area contributed by atoms with E-state index >= 15 is 0 Å². The first-order valence-electron chi connectivity index (χ1n) is 6.53. The van der Waals surface area contributed by atoms with E-state index in [9.17, 15) is 13.2 Å². The molecule has 20 heavy (non-hydrogen) atoms. The Morgan fingerprint density at radius 2 is 1.95 bits per heavy atom. The molecular weight excluding hydrogens is 291 g/mol. The summed E-state index contributed by atoms with van der Waals surface area (Å²) in [4.78, 5) is 5.67. The number of halogens is 4. The number of hydrogen-bond acceptors (Lipinski definition) is 3. The van der Waals surface area contributed by atoms with Crippen LogP contribution in [0.5, 0.6) is 0 Å². The van der Waals surface area contributed by atoms with Gasteiger partial charge in [-0.25, -0.2) is 4.98 Å². The number of nitrogens with one attached hydrogen (secondary N) is 1. The molecule has 0 unspecified atom stereocenters. The maximum atomic E-state index is 12.5. The van der Waals surface area contributed by atoms with Crippen molar-refractivity contribution in [2.45, 2.75) is 12.6 Å². The van der Waals surface area contributed by atoms with Crippen LogP contribution >= 0.6 is 12.4 Å². The van der Waals surface area contributed by atoms with Crippen LogP contribution in [0.15, 0.2) is 18.3 Å². The number of fused-ring (bicyclic) bond motifs is 1. The van der Waals surface area contributed by atoms with Crippen molar-refractivity contribution in [1.29, 1.82) is 0 Å². The molecule has 3 nitrogen and oxygen atoms in total. The van der Waals surface area contributed by atoms with E-state index in [2.05, 4.69) is 15.2 Å². The van der Waals surface area contributed by atoms with E-state index in [1.165, 1.54) is 12.3 Å². The molecule has 2 aliphatic rings. The summed E-state index contributed by atoms with van der Waals surface area (Å²) >= 11 is 0. The zero-order chi connectivity index (χ0) is 13.5. The maximum absolute atomic E-state index is 12.5. The zero-order valence-electron chi connectivity index (χ0n) is 10.9. The lowest BCUT2D eigenvalue weighted by Crippen LogP contribution is -2.40. The minimum absolute atomic E-state index is 0. The van der Waals surface area contributed by atoms with E-state index in [0.717, 1.165) is 50.3 Å². The monoisotopic (exact) mass is 307 g/mol. The fourth-order valence-electron chi connectivity index (χ4n) is 3.01. The third-order valence-electron chi connectivity index (χ3n) is 4.11. The van der Waals surface area contributed by atoms with Gasteiger partial charge >= 0.3 is 6.18 Å². The third kappa shape index (κ3) is 3.01. The van der Waals surface area contributed by atoms with Crippen molar-refractivity contribution in [1.82, 2.24) is 10.3 Å². The number of rotatable bonds is 1. The molecule has 0 amide bonds. The molecule has 112 valence electrons. The topological polar surface area (TPSA) is 28.2 Å². The van der Waals surface area contributed by atoms with Crippen LogP contribution in [0.4, 0.5) is 18.9 Å². The maximum Gasteiger partial charge on any atom is 0.433 e. The largest absolute Gasteiger partial charge is 0.433 e. The van der Waals surface area contributed by atoms with Gasteiger partial charge in [0, 0.05) is 13.1 Å². The van der Waals surface area contributed by atoms with Crippen LogP contribution in [0.3, 0.4) is 0 Å². The summed E-state index contributed by atoms with van der Waals surface area (Å²) in [6.07, 6.45) is -1.93. The minimum Gasteiger partial charge on any atom is -0.370 e. The number of aromatic nitrogens is 1. The van der Waals surface area contributed by atoms with Crippen molar-refractivity contribution in [2.24, 2.45) is 11.8 Å². The molecule has 0 radical (unpaired) electrons. The Kier molecular flexibility index (Phi) is 4.44. The second kappa shape index (κ2) is 5.77. The van der Waals surface area contributed by atoms with Crippen LogP contribution in [0.1, 0.15) is 12.1 Å². The summed E-state index contributed by atoms with van der Waals surface area (Å²) in [5, 5.41) is 3.37. The minimum atomic E-state index is -4.36. The van der Waals surface area contributed by atoms with Crippen LogP contribution in [-0.2, 0) is 6.18 Å². The quantitative estimate of drug-likeness (QED) is 0.864. The van der Waals surface area contributed by atoms with Crippen LogP contribution in [-0.4, -0.2) is 31.2 Å². The first-order valence-corrected chi connectivity index (χ1v) is 6.53. The van der Waals surface area contributed by atoms with E-state index in [4.69, 9.17) is 0 Å². The van der Waals surface area contributed by atoms with Gasteiger partial charge in [0.1, 0.15) is 5.69 Å². The van der Waals surface area contributed by atoms with Gasteiger partial charge in [0.25, 0.3) is 0 Å². The van der Waals surface area contributed by atoms with E-state index in [1.54, 1.807) is 0 Å². The van der Waals surface area contributed by atoms with Gasteiger partial charge in [-0.3, -0.25) is 0 Å². The summed E-state index contributed by atoms with van der Waals surface area (Å²) in [6.45, 7) is 3.89. The predicted octanol–water partition coefficient (Wildman–Crippen LogP) is 2.57. The lowest BCUT2D eigenvalue weighted by atomic mass is 9.88. The molecule has 3 rings (SSSR count). The molecule has 2 atom stereocenters. The van der Waals surface area contributed by atoms with Gasteiger partial charge in [-0.2, -0.15) is 13.2 Å². The normalized spacial score (nSPS) is 26.1. The van der Waals surface area contributed by atoms with E-state index in [-0.39, 0.29) is 12.4 Å². The number of hydrogen-bond donors (Lipinski definition) is 1. The Morgan fingerprint density at radius 3 is 2.60 bits per heavy atom. The van der Waals surface area contributed by atoms with Gasteiger partial charge in [0.15, 0.2) is 0 Å². The van der Waals surface area contributed by atoms with Gasteiger partial charge < -0.3 is 10.2 Å². The summed E-state index contributed by atoms with van der Waals surface area (Å²) in [5.74, 6) is 1.33. The van der Waals surface area contributed by atoms with Crippen LogP contribution < -0.4 is 10.2 Å². The Balaban J connectivity index is 0.00000147. The molecule has 0 spiro atoms. The van der Waals surface area contributed by atoms with E-state index in [1.807, 2.05) is 0 Å². The summed E-state index contributed by atoms with van der Waals surface area (Å²) < 4.78 is 37.4. The average molecular weight is 308 g/mol. The lowest BCUT2D eigenvalue weighted by molar-refractivity contribution is -0.141. The molecule has 1 aromatic rings. The molecule has 7 heteroatoms. The van der Waals surface area contributed by atoms with Gasteiger partial charge in [-0.05, 0) is 43.5 Å². The molecule has 2 fully saturated rings. The van der Waals surface area contributed by atoms with Crippen molar-refractivity contribution < 1.29 is 13.2 Å². The first kappa shape index (κ1) is 15.4. The molecule has 0 saturated carbocycles. The molecule has 0 aliphatic carbocycles. The fourth-order valence-corrected chi connectivity index (χ4v) is 3.01. The summed E-state index contributed by atoms with van der Waals surface area (Å²) in [7, 11) is 0. The Labute approximate surface area is 122 Å². The zero-order valence-corrected chi connectivity index (χ0v) is 11.7. The Bertz CT molecular complexity index is 449. The van der Waals surface area contributed by atoms with Crippen LogP contribution in [0.2, 0.25) is 0 Å². The number of anilines is 1. The highest BCUT2D eigenvalue weighted by molar-refractivity contribution is 5.85. The number of pyridine rings is 1. The van der Waals surface area contributed by atoms with E-state index in [0.29, 0.717) is 5.92 Å². The summed E-state index contributed by atoms with van der Waals surface area (Å²) in [6, 6.07) is 2.59. The van der Waals surface area contributed by atoms with Crippen molar-refractivity contribution in [3.63, 3.8) is 0 Å². The number of alkyl halides is 3. The lowest BCUT2D eigenvalue weighted by Gasteiger charge is -2.35. The van der Waals surface area contributed by atoms with E-state index < -0.39 is 11.9 Å². The van der Waals surface area contributed by atoms with Crippen molar-refractivity contribution in [3.05, 3.63) is 24.0 Å². The third-order valence-corrected chi connectivity index (χ3v) is 4.11. The first-order chi connectivity index (χ1) is 9.04. The highest BCUT2D eigenvalue weighted by Crippen LogP contribution is 2.31. The van der Waals surface area contributed by atoms with Crippen LogP contribution in [0, 0.1) is 11.8 Å². The molecule has 0 aromatic carbocycles. The number of nitrogens with zero attached hydrogens (tertiary/aromatic N) is 2. The summed E-state index contributed by atoms with van der Waals surface area (Å²) in [5.41, 5.74) is -0.0352. The Morgan fingerprint density at radius 1 is 1.20 bits per heavy atom. The standard InChI is InChI=1S/C13H16F3N3.ClH/c14-13(15,16)12-2-1-11(7-18-12)19-4-3-9-5-17-6-10(9)8-19;/h1-2,7,9-10,17H,3-6,8H2;1H/t9-,10-;/m1./s1. The SMILES string of the molecule is Cl.FC(F)(F)c1ccc(N2CC[C@@H]3CNC[C@@H]3C2)cn1. The van der Waals surface area contributed by atoms with Gasteiger partial charge in [0.05, 0.1) is 11.9 Å². The average Bonchev–Trinajstić information content (AvgIpc) is 2.85. The van der Waals surface area contributed by atoms with Crippen molar-refractivity contribution in [2.75, 3.05) is 31.1 Å². The molecule has 2 saturated heterocycles. The molecular formula is C13H17ClF3N3. The smallest absolute Gasteiger partial charge is 0.370 e. The molecule has 3 heterocycles. The van der Waals surface area contributed by atoms with Crippen molar-refractivity contribution >= 4 is 18.1 Å². The number of piperidine rings is 1. The van der Waals surface area contributed by atoms with Crippen LogP contribution in [0.25, 0.3) is 0 Å². The molecule has 0 bridgehead atoms. The highest BCUT2D eigenvalue weighted by atomic mass is 35.5. The second-order valence-corrected chi connectivity index (χ2v) is 5.31. The predicted molar refractivity (Wildman–Crippen MR) is 73.2 cm³/mol. The van der Waals surface area contributed by atoms with Gasteiger partial charge in [-0.1, -0.05) is 0 Å². The second-order valence-electron chi connectivity index (χ2n) is 5.31. The molecule has 2 aliphatic heterocycles. The van der Waals surface area contributed by atoms with Crippen molar-refractivity contribution in [3.8, 4) is 0 Å². The molecule has 1 N–H and O–H groups in total. The van der Waals surface area contributed by atoms with Gasteiger partial charge in [-0.15, -0.1) is 12.4 Å². The Hall–Kier alpha value is -1.01. The fraction of sp³-hybridized carbons (Fsp3) is 0.615. The highest BCUT2D eigenvalue weighted by Gasteiger charge is 2.34.